The first-order valence-corrected chi connectivity index (χ1v) is 13.3. The van der Waals surface area contributed by atoms with E-state index in [4.69, 9.17) is 16.3 Å². The number of esters is 1. The number of aryl methyl sites for hydroxylation is 1. The number of anilines is 1. The molecule has 0 aromatic heterocycles. The lowest BCUT2D eigenvalue weighted by Gasteiger charge is -2.29. The predicted molar refractivity (Wildman–Crippen MR) is 151 cm³/mol. The Kier molecular flexibility index (Phi) is 8.90. The highest BCUT2D eigenvalue weighted by Gasteiger charge is 2.35. The Morgan fingerprint density at radius 3 is 2.37 bits per heavy atom. The van der Waals surface area contributed by atoms with Crippen molar-refractivity contribution in [1.29, 1.82) is 5.26 Å². The van der Waals surface area contributed by atoms with Crippen LogP contribution in [-0.2, 0) is 20.9 Å². The van der Waals surface area contributed by atoms with Crippen LogP contribution in [0.25, 0.3) is 0 Å². The molecule has 3 aromatic rings. The van der Waals surface area contributed by atoms with E-state index in [9.17, 15) is 14.9 Å². The van der Waals surface area contributed by atoms with Crippen LogP contribution in [0.5, 0.6) is 0 Å². The average Bonchev–Trinajstić information content (AvgIpc) is 2.92. The van der Waals surface area contributed by atoms with Crippen LogP contribution in [-0.4, -0.2) is 17.6 Å². The van der Waals surface area contributed by atoms with Gasteiger partial charge < -0.3 is 15.4 Å². The molecule has 0 bridgehead atoms. The predicted octanol–water partition coefficient (Wildman–Crippen LogP) is 6.46. The molecule has 1 heterocycles. The van der Waals surface area contributed by atoms with Gasteiger partial charge in [-0.05, 0) is 49.2 Å². The first-order valence-electron chi connectivity index (χ1n) is 11.9. The number of allylic oxidation sites excluding steroid dienone is 2. The summed E-state index contributed by atoms with van der Waals surface area (Å²) in [4.78, 5) is 26.0. The van der Waals surface area contributed by atoms with Crippen molar-refractivity contribution >= 4 is 40.9 Å². The maximum Gasteiger partial charge on any atom is 0.337 e. The van der Waals surface area contributed by atoms with E-state index in [2.05, 4.69) is 16.7 Å². The van der Waals surface area contributed by atoms with Crippen molar-refractivity contribution in [1.82, 2.24) is 5.32 Å². The van der Waals surface area contributed by atoms with Crippen molar-refractivity contribution in [2.45, 2.75) is 26.4 Å². The minimum absolute atomic E-state index is 0.0792. The number of halogens is 1. The third kappa shape index (κ3) is 6.65. The van der Waals surface area contributed by atoms with Crippen LogP contribution in [0, 0.1) is 18.3 Å². The molecular formula is C30H26ClN3O3S. The van der Waals surface area contributed by atoms with Crippen LogP contribution in [0.2, 0.25) is 5.02 Å². The number of nitrogens with zero attached hydrogens (tertiary/aromatic N) is 1. The van der Waals surface area contributed by atoms with Gasteiger partial charge in [0.15, 0.2) is 0 Å². The third-order valence-corrected chi connectivity index (χ3v) is 7.24. The van der Waals surface area contributed by atoms with E-state index in [0.29, 0.717) is 32.6 Å². The number of rotatable bonds is 8. The van der Waals surface area contributed by atoms with Crippen molar-refractivity contribution in [3.63, 3.8) is 0 Å². The van der Waals surface area contributed by atoms with Crippen LogP contribution in [0.15, 0.2) is 101 Å². The van der Waals surface area contributed by atoms with Gasteiger partial charge in [-0.3, -0.25) is 4.79 Å². The fourth-order valence-electron chi connectivity index (χ4n) is 4.06. The topological polar surface area (TPSA) is 91.2 Å². The number of nitriles is 1. The number of ether oxygens (including phenoxy) is 1. The minimum atomic E-state index is -0.676. The van der Waals surface area contributed by atoms with Gasteiger partial charge in [0.25, 0.3) is 0 Å². The highest BCUT2D eigenvalue weighted by atomic mass is 35.5. The molecule has 1 atom stereocenters. The first-order chi connectivity index (χ1) is 18.4. The number of hydrogen-bond donors (Lipinski definition) is 2. The van der Waals surface area contributed by atoms with E-state index in [1.807, 2.05) is 61.5 Å². The molecule has 0 fully saturated rings. The summed E-state index contributed by atoms with van der Waals surface area (Å²) in [6.45, 7) is 3.85. The van der Waals surface area contributed by atoms with Gasteiger partial charge in [0.2, 0.25) is 5.91 Å². The summed E-state index contributed by atoms with van der Waals surface area (Å²) in [6.07, 6.45) is 0. The summed E-state index contributed by atoms with van der Waals surface area (Å²) in [5.41, 5.74) is 4.61. The number of dihydropyridines is 1. The Labute approximate surface area is 231 Å². The van der Waals surface area contributed by atoms with Crippen molar-refractivity contribution in [3.8, 4) is 6.07 Å². The summed E-state index contributed by atoms with van der Waals surface area (Å²) in [5, 5.41) is 17.3. The van der Waals surface area contributed by atoms with Gasteiger partial charge in [0.1, 0.15) is 6.61 Å². The third-order valence-electron chi connectivity index (χ3n) is 5.97. The molecule has 6 nitrogen and oxygen atoms in total. The molecule has 0 unspecified atom stereocenters. The number of amides is 1. The van der Waals surface area contributed by atoms with Gasteiger partial charge >= 0.3 is 5.97 Å². The molecule has 0 saturated heterocycles. The molecule has 0 spiro atoms. The average molecular weight is 544 g/mol. The quantitative estimate of drug-likeness (QED) is 0.317. The lowest BCUT2D eigenvalue weighted by atomic mass is 9.82. The van der Waals surface area contributed by atoms with Crippen molar-refractivity contribution in [2.75, 3.05) is 11.1 Å². The zero-order valence-corrected chi connectivity index (χ0v) is 22.5. The van der Waals surface area contributed by atoms with Crippen LogP contribution in [0.1, 0.15) is 29.5 Å². The molecule has 8 heteroatoms. The zero-order chi connectivity index (χ0) is 27.1. The van der Waals surface area contributed by atoms with Gasteiger partial charge in [0.05, 0.1) is 33.9 Å². The van der Waals surface area contributed by atoms with Gasteiger partial charge in [-0.15, -0.1) is 0 Å². The summed E-state index contributed by atoms with van der Waals surface area (Å²) in [7, 11) is 0. The van der Waals surface area contributed by atoms with Crippen LogP contribution < -0.4 is 10.6 Å². The van der Waals surface area contributed by atoms with E-state index >= 15 is 0 Å². The number of benzene rings is 3. The summed E-state index contributed by atoms with van der Waals surface area (Å²) in [6, 6.07) is 26.2. The molecule has 1 aliphatic heterocycles. The second kappa shape index (κ2) is 12.5. The number of hydrogen-bond acceptors (Lipinski definition) is 6. The highest BCUT2D eigenvalue weighted by Crippen LogP contribution is 2.41. The van der Waals surface area contributed by atoms with E-state index in [1.54, 1.807) is 31.2 Å². The van der Waals surface area contributed by atoms with Gasteiger partial charge in [0, 0.05) is 16.4 Å². The van der Waals surface area contributed by atoms with Crippen molar-refractivity contribution < 1.29 is 14.3 Å². The number of thioether (sulfide) groups is 1. The van der Waals surface area contributed by atoms with Gasteiger partial charge in [-0.2, -0.15) is 5.26 Å². The number of nitrogens with one attached hydrogen (secondary N) is 2. The Bertz CT molecular complexity index is 1430. The lowest BCUT2D eigenvalue weighted by Crippen LogP contribution is -2.29. The van der Waals surface area contributed by atoms with Crippen LogP contribution >= 0.6 is 23.4 Å². The molecule has 0 radical (unpaired) electrons. The molecule has 3 aromatic carbocycles. The standard InChI is InChI=1S/C30H26ClN3O3S/c1-19-8-14-24(15-9-19)34-26(35)18-38-29-25(16-32)28(22-10-12-23(31)13-11-22)27(20(2)33-29)30(36)37-17-21-6-4-3-5-7-21/h3-15,28,33H,17-18H2,1-2H3,(H,34,35)/t28-/m1/s1. The van der Waals surface area contributed by atoms with E-state index < -0.39 is 11.9 Å². The van der Waals surface area contributed by atoms with E-state index in [1.165, 1.54) is 11.8 Å². The van der Waals surface area contributed by atoms with E-state index in [-0.39, 0.29) is 18.3 Å². The summed E-state index contributed by atoms with van der Waals surface area (Å²) >= 11 is 7.32. The SMILES string of the molecule is CC1=C(C(=O)OCc2ccccc2)[C@H](c2ccc(Cl)cc2)C(C#N)=C(SCC(=O)Nc2ccc(C)cc2)N1. The Morgan fingerprint density at radius 2 is 1.71 bits per heavy atom. The fourth-order valence-corrected chi connectivity index (χ4v) is 5.08. The molecule has 38 heavy (non-hydrogen) atoms. The summed E-state index contributed by atoms with van der Waals surface area (Å²) in [5.74, 6) is -1.32. The second-order valence-electron chi connectivity index (χ2n) is 8.77. The first kappa shape index (κ1) is 27.1. The monoisotopic (exact) mass is 543 g/mol. The van der Waals surface area contributed by atoms with Gasteiger partial charge in [-0.1, -0.05) is 83.5 Å². The smallest absolute Gasteiger partial charge is 0.337 e. The molecule has 2 N–H and O–H groups in total. The van der Waals surface area contributed by atoms with Gasteiger partial charge in [-0.25, -0.2) is 4.79 Å². The van der Waals surface area contributed by atoms with Crippen molar-refractivity contribution in [2.24, 2.45) is 0 Å². The highest BCUT2D eigenvalue weighted by molar-refractivity contribution is 8.03. The Balaban J connectivity index is 1.58. The molecular weight excluding hydrogens is 518 g/mol. The molecule has 4 rings (SSSR count). The van der Waals surface area contributed by atoms with E-state index in [0.717, 1.165) is 16.7 Å². The van der Waals surface area contributed by atoms with Crippen LogP contribution in [0.4, 0.5) is 5.69 Å². The molecule has 0 aliphatic carbocycles. The lowest BCUT2D eigenvalue weighted by molar-refractivity contribution is -0.140. The second-order valence-corrected chi connectivity index (χ2v) is 10.2. The number of carbonyl (C=O) groups excluding carboxylic acids is 2. The normalized spacial score (nSPS) is 14.9. The zero-order valence-electron chi connectivity index (χ0n) is 21.0. The number of carbonyl (C=O) groups is 2. The largest absolute Gasteiger partial charge is 0.457 e. The fraction of sp³-hybridized carbons (Fsp3) is 0.167. The molecule has 1 amide bonds. The maximum absolute atomic E-state index is 13.3. The maximum atomic E-state index is 13.3. The van der Waals surface area contributed by atoms with Crippen molar-refractivity contribution in [3.05, 3.63) is 122 Å². The summed E-state index contributed by atoms with van der Waals surface area (Å²) < 4.78 is 5.65. The molecule has 192 valence electrons. The Morgan fingerprint density at radius 1 is 1.03 bits per heavy atom. The van der Waals surface area contributed by atoms with Crippen LogP contribution in [0.3, 0.4) is 0 Å². The Hall–Kier alpha value is -3.99. The molecule has 1 aliphatic rings. The minimum Gasteiger partial charge on any atom is -0.457 e. The molecule has 0 saturated carbocycles.